The van der Waals surface area contributed by atoms with Crippen LogP contribution in [0.1, 0.15) is 34.0 Å². The zero-order valence-electron chi connectivity index (χ0n) is 9.53. The average Bonchev–Trinajstić information content (AvgIpc) is 2.81. The molecule has 2 nitrogen and oxygen atoms in total. The Balaban J connectivity index is 2.09. The number of benzene rings is 1. The van der Waals surface area contributed by atoms with Gasteiger partial charge in [0.15, 0.2) is 5.13 Å². The fraction of sp³-hybridized carbons (Fsp3) is 0.308. The van der Waals surface area contributed by atoms with Crippen molar-refractivity contribution in [2.45, 2.75) is 25.7 Å². The van der Waals surface area contributed by atoms with E-state index in [1.807, 2.05) is 13.0 Å². The van der Waals surface area contributed by atoms with E-state index in [0.717, 1.165) is 29.7 Å². The van der Waals surface area contributed by atoms with Crippen molar-refractivity contribution in [2.75, 3.05) is 5.73 Å². The van der Waals surface area contributed by atoms with Gasteiger partial charge in [-0.25, -0.2) is 9.37 Å². The topological polar surface area (TPSA) is 38.9 Å². The Morgan fingerprint density at radius 3 is 3.12 bits per heavy atom. The van der Waals surface area contributed by atoms with E-state index in [4.69, 9.17) is 5.73 Å². The van der Waals surface area contributed by atoms with Gasteiger partial charge in [-0.15, -0.1) is 11.3 Å². The number of nitrogen functional groups attached to an aromatic ring is 1. The minimum absolute atomic E-state index is 0.131. The van der Waals surface area contributed by atoms with Gasteiger partial charge in [-0.05, 0) is 37.0 Å². The van der Waals surface area contributed by atoms with Crippen LogP contribution in [0.3, 0.4) is 0 Å². The maximum atomic E-state index is 13.6. The number of hydrogen-bond donors (Lipinski definition) is 1. The summed E-state index contributed by atoms with van der Waals surface area (Å²) in [6.45, 7) is 1.84. The number of aromatic nitrogens is 1. The number of aryl methyl sites for hydroxylation is 1. The summed E-state index contributed by atoms with van der Waals surface area (Å²) in [5.74, 6) is 0.143. The number of halogens is 1. The van der Waals surface area contributed by atoms with E-state index in [1.165, 1.54) is 22.3 Å². The zero-order valence-corrected chi connectivity index (χ0v) is 10.4. The second-order valence-electron chi connectivity index (χ2n) is 4.41. The number of nitrogens with two attached hydrogens (primary N) is 1. The molecule has 1 aliphatic rings. The summed E-state index contributed by atoms with van der Waals surface area (Å²) in [5.41, 5.74) is 8.65. The SMILES string of the molecule is Cc1c(F)cccc1C1CCc2nc(N)sc21. The van der Waals surface area contributed by atoms with Crippen molar-refractivity contribution in [3.05, 3.63) is 45.7 Å². The third-order valence-corrected chi connectivity index (χ3v) is 4.46. The van der Waals surface area contributed by atoms with E-state index < -0.39 is 0 Å². The fourth-order valence-corrected chi connectivity index (χ4v) is 3.58. The number of anilines is 1. The van der Waals surface area contributed by atoms with Crippen LogP contribution in [0.25, 0.3) is 0 Å². The molecule has 0 bridgehead atoms. The van der Waals surface area contributed by atoms with Crippen molar-refractivity contribution >= 4 is 16.5 Å². The van der Waals surface area contributed by atoms with Crippen LogP contribution in [0, 0.1) is 12.7 Å². The molecule has 17 heavy (non-hydrogen) atoms. The van der Waals surface area contributed by atoms with Gasteiger partial charge < -0.3 is 5.73 Å². The molecule has 0 saturated heterocycles. The summed E-state index contributed by atoms with van der Waals surface area (Å²) in [6, 6.07) is 5.30. The van der Waals surface area contributed by atoms with Gasteiger partial charge in [0.25, 0.3) is 0 Å². The van der Waals surface area contributed by atoms with E-state index in [-0.39, 0.29) is 11.7 Å². The second kappa shape index (κ2) is 3.81. The highest BCUT2D eigenvalue weighted by Gasteiger charge is 2.29. The largest absolute Gasteiger partial charge is 0.375 e. The van der Waals surface area contributed by atoms with Crippen molar-refractivity contribution < 1.29 is 4.39 Å². The summed E-state index contributed by atoms with van der Waals surface area (Å²) in [4.78, 5) is 5.54. The molecular formula is C13H13FN2S. The Labute approximate surface area is 103 Å². The second-order valence-corrected chi connectivity index (χ2v) is 5.47. The molecule has 1 heterocycles. The minimum atomic E-state index is -0.131. The first-order chi connectivity index (χ1) is 8.16. The van der Waals surface area contributed by atoms with Crippen molar-refractivity contribution in [1.29, 1.82) is 0 Å². The van der Waals surface area contributed by atoms with Crippen molar-refractivity contribution in [2.24, 2.45) is 0 Å². The van der Waals surface area contributed by atoms with Gasteiger partial charge in [-0.3, -0.25) is 0 Å². The van der Waals surface area contributed by atoms with Gasteiger partial charge in [0.1, 0.15) is 5.82 Å². The predicted octanol–water partition coefficient (Wildman–Crippen LogP) is 3.25. The van der Waals surface area contributed by atoms with Crippen molar-refractivity contribution in [3.8, 4) is 0 Å². The van der Waals surface area contributed by atoms with Gasteiger partial charge in [0.2, 0.25) is 0 Å². The minimum Gasteiger partial charge on any atom is -0.375 e. The molecule has 0 radical (unpaired) electrons. The zero-order chi connectivity index (χ0) is 12.0. The number of fused-ring (bicyclic) bond motifs is 1. The number of nitrogens with zero attached hydrogens (tertiary/aromatic N) is 1. The maximum Gasteiger partial charge on any atom is 0.180 e. The van der Waals surface area contributed by atoms with E-state index in [1.54, 1.807) is 6.07 Å². The number of hydrogen-bond acceptors (Lipinski definition) is 3. The Hall–Kier alpha value is -1.42. The molecular weight excluding hydrogens is 235 g/mol. The third-order valence-electron chi connectivity index (χ3n) is 3.42. The van der Waals surface area contributed by atoms with Gasteiger partial charge >= 0.3 is 0 Å². The van der Waals surface area contributed by atoms with E-state index in [0.29, 0.717) is 5.13 Å². The lowest BCUT2D eigenvalue weighted by Crippen LogP contribution is -1.99. The molecule has 2 aromatic rings. The lowest BCUT2D eigenvalue weighted by molar-refractivity contribution is 0.612. The van der Waals surface area contributed by atoms with Crippen molar-refractivity contribution in [1.82, 2.24) is 4.98 Å². The maximum absolute atomic E-state index is 13.6. The first-order valence-corrected chi connectivity index (χ1v) is 6.48. The molecule has 2 N–H and O–H groups in total. The van der Waals surface area contributed by atoms with Crippen LogP contribution < -0.4 is 5.73 Å². The normalized spacial score (nSPS) is 18.4. The van der Waals surface area contributed by atoms with E-state index >= 15 is 0 Å². The number of rotatable bonds is 1. The highest BCUT2D eigenvalue weighted by Crippen LogP contribution is 2.43. The third kappa shape index (κ3) is 1.63. The molecule has 1 aromatic carbocycles. The molecule has 88 valence electrons. The van der Waals surface area contributed by atoms with Gasteiger partial charge in [-0.1, -0.05) is 12.1 Å². The first kappa shape index (κ1) is 10.7. The summed E-state index contributed by atoms with van der Waals surface area (Å²) >= 11 is 1.54. The standard InChI is InChI=1S/C13H13FN2S/c1-7-8(3-2-4-10(7)14)9-5-6-11-12(9)17-13(15)16-11/h2-4,9H,5-6H2,1H3,(H2,15,16). The molecule has 0 amide bonds. The van der Waals surface area contributed by atoms with E-state index in [9.17, 15) is 4.39 Å². The molecule has 0 fully saturated rings. The highest BCUT2D eigenvalue weighted by molar-refractivity contribution is 7.15. The summed E-state index contributed by atoms with van der Waals surface area (Å²) < 4.78 is 13.6. The lowest BCUT2D eigenvalue weighted by Gasteiger charge is -2.13. The molecule has 0 aliphatic heterocycles. The Morgan fingerprint density at radius 2 is 2.29 bits per heavy atom. The van der Waals surface area contributed by atoms with Crippen LogP contribution in [0.2, 0.25) is 0 Å². The van der Waals surface area contributed by atoms with Gasteiger partial charge in [0, 0.05) is 10.8 Å². The predicted molar refractivity (Wildman–Crippen MR) is 67.8 cm³/mol. The monoisotopic (exact) mass is 248 g/mol. The van der Waals surface area contributed by atoms with Crippen LogP contribution in [0.4, 0.5) is 9.52 Å². The first-order valence-electron chi connectivity index (χ1n) is 5.67. The average molecular weight is 248 g/mol. The van der Waals surface area contributed by atoms with Gasteiger partial charge in [0.05, 0.1) is 5.69 Å². The van der Waals surface area contributed by atoms with Gasteiger partial charge in [-0.2, -0.15) is 0 Å². The number of thiazole rings is 1. The molecule has 1 atom stereocenters. The smallest absolute Gasteiger partial charge is 0.180 e. The molecule has 1 aromatic heterocycles. The quantitative estimate of drug-likeness (QED) is 0.841. The summed E-state index contributed by atoms with van der Waals surface area (Å²) in [6.07, 6.45) is 1.96. The summed E-state index contributed by atoms with van der Waals surface area (Å²) in [7, 11) is 0. The lowest BCUT2D eigenvalue weighted by atomic mass is 9.94. The fourth-order valence-electron chi connectivity index (χ4n) is 2.54. The molecule has 4 heteroatoms. The van der Waals surface area contributed by atoms with Crippen LogP contribution >= 0.6 is 11.3 Å². The molecule has 0 spiro atoms. The summed E-state index contributed by atoms with van der Waals surface area (Å²) in [5, 5.41) is 0.619. The molecule has 1 aliphatic carbocycles. The Kier molecular flexibility index (Phi) is 2.40. The van der Waals surface area contributed by atoms with Crippen LogP contribution in [0.5, 0.6) is 0 Å². The van der Waals surface area contributed by atoms with Crippen LogP contribution in [0.15, 0.2) is 18.2 Å². The highest BCUT2D eigenvalue weighted by atomic mass is 32.1. The van der Waals surface area contributed by atoms with Crippen molar-refractivity contribution in [3.63, 3.8) is 0 Å². The molecule has 0 saturated carbocycles. The van der Waals surface area contributed by atoms with Crippen LogP contribution in [-0.2, 0) is 6.42 Å². The Bertz CT molecular complexity index is 577. The Morgan fingerprint density at radius 1 is 1.47 bits per heavy atom. The van der Waals surface area contributed by atoms with E-state index in [2.05, 4.69) is 4.98 Å². The van der Waals surface area contributed by atoms with Crippen LogP contribution in [-0.4, -0.2) is 4.98 Å². The molecule has 1 unspecified atom stereocenters. The molecule has 3 rings (SSSR count).